The van der Waals surface area contributed by atoms with Gasteiger partial charge in [0.1, 0.15) is 0 Å². The second-order valence-electron chi connectivity index (χ2n) is 3.89. The van der Waals surface area contributed by atoms with Crippen molar-refractivity contribution >= 4 is 26.8 Å². The molecule has 0 aliphatic carbocycles. The minimum absolute atomic E-state index is 1.13. The van der Waals surface area contributed by atoms with E-state index in [-0.39, 0.29) is 0 Å². The molecule has 1 nitrogen and oxygen atoms in total. The highest BCUT2D eigenvalue weighted by atomic mass is 79.9. The van der Waals surface area contributed by atoms with Crippen LogP contribution in [0.3, 0.4) is 0 Å². The maximum Gasteiger partial charge on any atom is 0.0491 e. The largest absolute Gasteiger partial charge is 0.347 e. The van der Waals surface area contributed by atoms with Crippen molar-refractivity contribution in [2.75, 3.05) is 0 Å². The van der Waals surface area contributed by atoms with E-state index in [1.165, 1.54) is 34.6 Å². The monoisotopic (exact) mass is 265 g/mol. The topological polar surface area (TPSA) is 4.93 Å². The number of rotatable bonds is 4. The average molecular weight is 266 g/mol. The molecular weight excluding hydrogens is 250 g/mol. The number of nitrogens with zero attached hydrogens (tertiary/aromatic N) is 1. The molecule has 0 aliphatic heterocycles. The Balaban J connectivity index is 2.25. The van der Waals surface area contributed by atoms with Gasteiger partial charge >= 0.3 is 0 Å². The minimum atomic E-state index is 1.13. The van der Waals surface area contributed by atoms with E-state index in [0.29, 0.717) is 0 Å². The molecule has 0 unspecified atom stereocenters. The Bertz CT molecular complexity index is 445. The van der Waals surface area contributed by atoms with Gasteiger partial charge in [-0.3, -0.25) is 0 Å². The SMILES string of the molecule is CCCCCn1ccc2c(Br)cccc21. The van der Waals surface area contributed by atoms with Gasteiger partial charge in [-0.1, -0.05) is 41.8 Å². The lowest BCUT2D eigenvalue weighted by atomic mass is 10.2. The molecule has 15 heavy (non-hydrogen) atoms. The fraction of sp³-hybridized carbons (Fsp3) is 0.385. The standard InChI is InChI=1S/C13H16BrN/c1-2-3-4-9-15-10-8-11-12(14)6-5-7-13(11)15/h5-8,10H,2-4,9H2,1H3. The Morgan fingerprint density at radius 1 is 1.20 bits per heavy atom. The van der Waals surface area contributed by atoms with E-state index in [4.69, 9.17) is 0 Å². The zero-order chi connectivity index (χ0) is 10.7. The van der Waals surface area contributed by atoms with Crippen LogP contribution in [0, 0.1) is 0 Å². The molecule has 80 valence electrons. The van der Waals surface area contributed by atoms with Gasteiger partial charge < -0.3 is 4.57 Å². The molecule has 0 saturated heterocycles. The summed E-state index contributed by atoms with van der Waals surface area (Å²) in [6.07, 6.45) is 6.05. The molecule has 0 N–H and O–H groups in total. The highest BCUT2D eigenvalue weighted by Crippen LogP contribution is 2.24. The van der Waals surface area contributed by atoms with Crippen LogP contribution in [0.15, 0.2) is 34.9 Å². The molecule has 0 radical (unpaired) electrons. The van der Waals surface area contributed by atoms with Gasteiger partial charge in [-0.25, -0.2) is 0 Å². The van der Waals surface area contributed by atoms with Crippen molar-refractivity contribution in [3.05, 3.63) is 34.9 Å². The maximum atomic E-state index is 3.58. The molecule has 0 amide bonds. The van der Waals surface area contributed by atoms with E-state index in [9.17, 15) is 0 Å². The molecule has 2 rings (SSSR count). The van der Waals surface area contributed by atoms with Gasteiger partial charge in [-0.2, -0.15) is 0 Å². The Morgan fingerprint density at radius 2 is 2.07 bits per heavy atom. The first kappa shape index (κ1) is 10.7. The van der Waals surface area contributed by atoms with E-state index in [1.807, 2.05) is 0 Å². The molecule has 2 aromatic rings. The van der Waals surface area contributed by atoms with Gasteiger partial charge in [0.25, 0.3) is 0 Å². The van der Waals surface area contributed by atoms with Gasteiger partial charge in [-0.05, 0) is 24.6 Å². The van der Waals surface area contributed by atoms with Crippen molar-refractivity contribution in [3.63, 3.8) is 0 Å². The van der Waals surface area contributed by atoms with Crippen molar-refractivity contribution in [1.82, 2.24) is 4.57 Å². The first-order chi connectivity index (χ1) is 7.33. The molecule has 0 saturated carbocycles. The maximum absolute atomic E-state index is 3.58. The van der Waals surface area contributed by atoms with Crippen LogP contribution in [-0.2, 0) is 6.54 Å². The zero-order valence-electron chi connectivity index (χ0n) is 9.04. The van der Waals surface area contributed by atoms with Crippen molar-refractivity contribution in [1.29, 1.82) is 0 Å². The average Bonchev–Trinajstić information content (AvgIpc) is 2.64. The highest BCUT2D eigenvalue weighted by Gasteiger charge is 2.02. The molecule has 0 bridgehead atoms. The van der Waals surface area contributed by atoms with Crippen LogP contribution >= 0.6 is 15.9 Å². The van der Waals surface area contributed by atoms with Gasteiger partial charge in [0.15, 0.2) is 0 Å². The van der Waals surface area contributed by atoms with E-state index >= 15 is 0 Å². The third-order valence-electron chi connectivity index (χ3n) is 2.76. The van der Waals surface area contributed by atoms with E-state index in [1.54, 1.807) is 0 Å². The van der Waals surface area contributed by atoms with Crippen molar-refractivity contribution in [3.8, 4) is 0 Å². The van der Waals surface area contributed by atoms with Crippen molar-refractivity contribution in [2.45, 2.75) is 32.7 Å². The predicted molar refractivity (Wildman–Crippen MR) is 69.2 cm³/mol. The summed E-state index contributed by atoms with van der Waals surface area (Å²) in [5.41, 5.74) is 1.33. The van der Waals surface area contributed by atoms with E-state index < -0.39 is 0 Å². The summed E-state index contributed by atoms with van der Waals surface area (Å²) in [6.45, 7) is 3.37. The summed E-state index contributed by atoms with van der Waals surface area (Å²) in [4.78, 5) is 0. The van der Waals surface area contributed by atoms with Crippen LogP contribution in [0.5, 0.6) is 0 Å². The molecule has 1 aromatic carbocycles. The quantitative estimate of drug-likeness (QED) is 0.713. The Kier molecular flexibility index (Phi) is 3.47. The summed E-state index contributed by atoms with van der Waals surface area (Å²) >= 11 is 3.58. The minimum Gasteiger partial charge on any atom is -0.347 e. The molecule has 0 fully saturated rings. The number of hydrogen-bond acceptors (Lipinski definition) is 0. The smallest absolute Gasteiger partial charge is 0.0491 e. The number of fused-ring (bicyclic) bond motifs is 1. The summed E-state index contributed by atoms with van der Waals surface area (Å²) in [6, 6.07) is 8.57. The first-order valence-corrected chi connectivity index (χ1v) is 6.35. The number of aryl methyl sites for hydroxylation is 1. The number of benzene rings is 1. The second kappa shape index (κ2) is 4.84. The van der Waals surface area contributed by atoms with E-state index in [0.717, 1.165) is 6.54 Å². The number of aromatic nitrogens is 1. The van der Waals surface area contributed by atoms with Crippen LogP contribution in [0.4, 0.5) is 0 Å². The lowest BCUT2D eigenvalue weighted by Gasteiger charge is -2.04. The molecule has 0 aliphatic rings. The van der Waals surface area contributed by atoms with Crippen LogP contribution in [-0.4, -0.2) is 4.57 Å². The first-order valence-electron chi connectivity index (χ1n) is 5.56. The molecule has 1 aromatic heterocycles. The van der Waals surface area contributed by atoms with Crippen molar-refractivity contribution < 1.29 is 0 Å². The fourth-order valence-corrected chi connectivity index (χ4v) is 2.40. The van der Waals surface area contributed by atoms with Gasteiger partial charge in [0, 0.05) is 28.1 Å². The molecular formula is C13H16BrN. The highest BCUT2D eigenvalue weighted by molar-refractivity contribution is 9.10. The zero-order valence-corrected chi connectivity index (χ0v) is 10.6. The van der Waals surface area contributed by atoms with Crippen LogP contribution in [0.25, 0.3) is 10.9 Å². The summed E-state index contributed by atoms with van der Waals surface area (Å²) in [5, 5.41) is 1.31. The molecule has 1 heterocycles. The summed E-state index contributed by atoms with van der Waals surface area (Å²) in [7, 11) is 0. The van der Waals surface area contributed by atoms with E-state index in [2.05, 4.69) is 57.9 Å². The van der Waals surface area contributed by atoms with Crippen molar-refractivity contribution in [2.24, 2.45) is 0 Å². The van der Waals surface area contributed by atoms with Crippen LogP contribution < -0.4 is 0 Å². The Hall–Kier alpha value is -0.760. The summed E-state index contributed by atoms with van der Waals surface area (Å²) in [5.74, 6) is 0. The number of hydrogen-bond donors (Lipinski definition) is 0. The van der Waals surface area contributed by atoms with Gasteiger partial charge in [0.05, 0.1) is 0 Å². The third-order valence-corrected chi connectivity index (χ3v) is 3.45. The summed E-state index contributed by atoms with van der Waals surface area (Å²) < 4.78 is 3.53. The number of halogens is 1. The predicted octanol–water partition coefficient (Wildman–Crippen LogP) is 4.59. The molecule has 0 spiro atoms. The van der Waals surface area contributed by atoms with Gasteiger partial charge in [-0.15, -0.1) is 0 Å². The number of unbranched alkanes of at least 4 members (excludes halogenated alkanes) is 2. The fourth-order valence-electron chi connectivity index (χ4n) is 1.91. The lowest BCUT2D eigenvalue weighted by molar-refractivity contribution is 0.616. The Morgan fingerprint density at radius 3 is 2.87 bits per heavy atom. The van der Waals surface area contributed by atoms with Gasteiger partial charge in [0.2, 0.25) is 0 Å². The normalized spacial score (nSPS) is 11.1. The molecule has 0 atom stereocenters. The Labute approximate surface area is 99.2 Å². The molecule has 2 heteroatoms. The lowest BCUT2D eigenvalue weighted by Crippen LogP contribution is -1.95. The van der Waals surface area contributed by atoms with Crippen LogP contribution in [0.2, 0.25) is 0 Å². The van der Waals surface area contributed by atoms with Crippen LogP contribution in [0.1, 0.15) is 26.2 Å². The second-order valence-corrected chi connectivity index (χ2v) is 4.74. The third kappa shape index (κ3) is 2.25.